The van der Waals surface area contributed by atoms with Crippen LogP contribution in [0.5, 0.6) is 0 Å². The summed E-state index contributed by atoms with van der Waals surface area (Å²) in [6, 6.07) is 12.7. The highest BCUT2D eigenvalue weighted by Crippen LogP contribution is 2.25. The molecule has 2 aromatic heterocycles. The Morgan fingerprint density at radius 2 is 1.70 bits per heavy atom. The van der Waals surface area contributed by atoms with Crippen LogP contribution in [0.4, 0.5) is 16.2 Å². The van der Waals surface area contributed by atoms with Gasteiger partial charge in [-0.25, -0.2) is 9.37 Å². The predicted molar refractivity (Wildman–Crippen MR) is 105 cm³/mol. The van der Waals surface area contributed by atoms with Gasteiger partial charge >= 0.3 is 0 Å². The molecule has 4 rings (SSSR count). The van der Waals surface area contributed by atoms with Crippen LogP contribution in [0.3, 0.4) is 0 Å². The van der Waals surface area contributed by atoms with E-state index in [1.807, 2.05) is 18.2 Å². The van der Waals surface area contributed by atoms with Gasteiger partial charge in [0.25, 0.3) is 0 Å². The number of pyridine rings is 1. The molecule has 0 aliphatic heterocycles. The number of benzene rings is 1. The number of nitrogens with zero attached hydrogens (tertiary/aromatic N) is 3. The van der Waals surface area contributed by atoms with Crippen molar-refractivity contribution in [3.63, 3.8) is 0 Å². The van der Waals surface area contributed by atoms with Crippen molar-refractivity contribution in [3.8, 4) is 11.3 Å². The second kappa shape index (κ2) is 8.12. The molecule has 0 amide bonds. The number of nitrogens with one attached hydrogen (secondary N) is 2. The molecule has 2 heterocycles. The molecule has 0 atom stereocenters. The fraction of sp³-hybridized carbons (Fsp3) is 0.286. The summed E-state index contributed by atoms with van der Waals surface area (Å²) >= 11 is 0. The quantitative estimate of drug-likeness (QED) is 0.668. The van der Waals surface area contributed by atoms with Crippen LogP contribution in [0, 0.1) is 5.82 Å². The number of rotatable bonds is 6. The lowest BCUT2D eigenvalue weighted by atomic mass is 10.2. The van der Waals surface area contributed by atoms with Gasteiger partial charge in [0.2, 0.25) is 5.95 Å². The van der Waals surface area contributed by atoms with E-state index < -0.39 is 0 Å². The van der Waals surface area contributed by atoms with E-state index in [1.165, 1.54) is 25.0 Å². The Morgan fingerprint density at radius 3 is 2.44 bits per heavy atom. The molecule has 1 fully saturated rings. The number of aromatic nitrogens is 3. The summed E-state index contributed by atoms with van der Waals surface area (Å²) in [5.41, 5.74) is 2.83. The Labute approximate surface area is 158 Å². The molecular weight excluding hydrogens is 341 g/mol. The third-order valence-electron chi connectivity index (χ3n) is 4.78. The highest BCUT2D eigenvalue weighted by atomic mass is 19.1. The molecule has 0 radical (unpaired) electrons. The minimum Gasteiger partial charge on any atom is -0.366 e. The van der Waals surface area contributed by atoms with Crippen molar-refractivity contribution in [2.75, 3.05) is 10.6 Å². The van der Waals surface area contributed by atoms with Gasteiger partial charge in [-0.3, -0.25) is 4.98 Å². The summed E-state index contributed by atoms with van der Waals surface area (Å²) in [6.45, 7) is 0.565. The van der Waals surface area contributed by atoms with E-state index in [9.17, 15) is 4.39 Å². The van der Waals surface area contributed by atoms with Gasteiger partial charge in [0.1, 0.15) is 11.6 Å². The molecule has 1 aromatic carbocycles. The highest BCUT2D eigenvalue weighted by Gasteiger charge is 2.16. The molecule has 0 unspecified atom stereocenters. The molecule has 0 bridgehead atoms. The second-order valence-electron chi connectivity index (χ2n) is 6.80. The van der Waals surface area contributed by atoms with Crippen molar-refractivity contribution < 1.29 is 4.39 Å². The van der Waals surface area contributed by atoms with Gasteiger partial charge in [-0.2, -0.15) is 4.98 Å². The molecule has 0 spiro atoms. The first-order chi connectivity index (χ1) is 13.3. The molecule has 5 nitrogen and oxygen atoms in total. The lowest BCUT2D eigenvalue weighted by molar-refractivity contribution is 0.627. The van der Waals surface area contributed by atoms with Gasteiger partial charge in [-0.15, -0.1) is 0 Å². The Morgan fingerprint density at radius 1 is 0.963 bits per heavy atom. The molecule has 0 saturated heterocycles. The Kier molecular flexibility index (Phi) is 5.23. The minimum absolute atomic E-state index is 0.233. The molecule has 3 aromatic rings. The van der Waals surface area contributed by atoms with Crippen molar-refractivity contribution in [1.82, 2.24) is 15.0 Å². The van der Waals surface area contributed by atoms with Crippen molar-refractivity contribution in [2.24, 2.45) is 0 Å². The third-order valence-corrected chi connectivity index (χ3v) is 4.78. The van der Waals surface area contributed by atoms with E-state index in [0.717, 1.165) is 35.5 Å². The van der Waals surface area contributed by atoms with Crippen molar-refractivity contribution in [1.29, 1.82) is 0 Å². The van der Waals surface area contributed by atoms with Crippen LogP contribution in [0.15, 0.2) is 54.9 Å². The Balaban J connectivity index is 1.57. The molecule has 27 heavy (non-hydrogen) atoms. The standard InChI is InChI=1S/C21H22FN5/c22-17-7-5-15(6-8-17)14-24-20-13-19(16-9-11-23-12-10-16)26-21(27-20)25-18-3-1-2-4-18/h5-13,18H,1-4,14H2,(H2,24,25,26,27). The van der Waals surface area contributed by atoms with Crippen molar-refractivity contribution in [2.45, 2.75) is 38.3 Å². The minimum atomic E-state index is -0.233. The second-order valence-corrected chi connectivity index (χ2v) is 6.80. The lowest BCUT2D eigenvalue weighted by Crippen LogP contribution is -2.17. The Bertz CT molecular complexity index is 877. The summed E-state index contributed by atoms with van der Waals surface area (Å²) < 4.78 is 13.1. The van der Waals surface area contributed by atoms with E-state index in [-0.39, 0.29) is 5.82 Å². The first-order valence-corrected chi connectivity index (χ1v) is 9.30. The largest absolute Gasteiger partial charge is 0.366 e. The number of halogens is 1. The third kappa shape index (κ3) is 4.58. The van der Waals surface area contributed by atoms with Crippen LogP contribution < -0.4 is 10.6 Å². The fourth-order valence-corrected chi connectivity index (χ4v) is 3.32. The zero-order chi connectivity index (χ0) is 18.5. The van der Waals surface area contributed by atoms with E-state index in [1.54, 1.807) is 24.5 Å². The zero-order valence-electron chi connectivity index (χ0n) is 15.0. The first kappa shape index (κ1) is 17.4. The fourth-order valence-electron chi connectivity index (χ4n) is 3.32. The summed E-state index contributed by atoms with van der Waals surface area (Å²) in [7, 11) is 0. The normalized spacial score (nSPS) is 14.3. The van der Waals surface area contributed by atoms with Crippen LogP contribution in [-0.2, 0) is 6.54 Å². The molecule has 1 saturated carbocycles. The van der Waals surface area contributed by atoms with Crippen molar-refractivity contribution >= 4 is 11.8 Å². The van der Waals surface area contributed by atoms with E-state index in [0.29, 0.717) is 18.5 Å². The highest BCUT2D eigenvalue weighted by molar-refractivity contribution is 5.64. The van der Waals surface area contributed by atoms with Gasteiger partial charge in [-0.05, 0) is 42.7 Å². The van der Waals surface area contributed by atoms with E-state index >= 15 is 0 Å². The molecular formula is C21H22FN5. The molecule has 1 aliphatic carbocycles. The van der Waals surface area contributed by atoms with Crippen LogP contribution in [0.1, 0.15) is 31.2 Å². The van der Waals surface area contributed by atoms with E-state index in [4.69, 9.17) is 4.98 Å². The number of hydrogen-bond donors (Lipinski definition) is 2. The molecule has 1 aliphatic rings. The van der Waals surface area contributed by atoms with Crippen LogP contribution in [0.2, 0.25) is 0 Å². The van der Waals surface area contributed by atoms with E-state index in [2.05, 4.69) is 20.6 Å². The van der Waals surface area contributed by atoms with Gasteiger partial charge < -0.3 is 10.6 Å². The van der Waals surface area contributed by atoms with Gasteiger partial charge in [0.05, 0.1) is 5.69 Å². The maximum absolute atomic E-state index is 13.1. The summed E-state index contributed by atoms with van der Waals surface area (Å²) in [6.07, 6.45) is 8.32. The number of anilines is 2. The average molecular weight is 363 g/mol. The summed E-state index contributed by atoms with van der Waals surface area (Å²) in [5, 5.41) is 6.80. The van der Waals surface area contributed by atoms with Gasteiger partial charge in [0.15, 0.2) is 0 Å². The molecule has 2 N–H and O–H groups in total. The monoisotopic (exact) mass is 363 g/mol. The Hall–Kier alpha value is -3.02. The van der Waals surface area contributed by atoms with Gasteiger partial charge in [0, 0.05) is 36.6 Å². The SMILES string of the molecule is Fc1ccc(CNc2cc(-c3ccncc3)nc(NC3CCCC3)n2)cc1. The maximum atomic E-state index is 13.1. The summed E-state index contributed by atoms with van der Waals surface area (Å²) in [5.74, 6) is 1.14. The predicted octanol–water partition coefficient (Wildman–Crippen LogP) is 4.64. The zero-order valence-corrected chi connectivity index (χ0v) is 15.0. The molecule has 138 valence electrons. The van der Waals surface area contributed by atoms with Crippen LogP contribution >= 0.6 is 0 Å². The lowest BCUT2D eigenvalue weighted by Gasteiger charge is -2.15. The average Bonchev–Trinajstić information content (AvgIpc) is 3.21. The van der Waals surface area contributed by atoms with Crippen LogP contribution in [0.25, 0.3) is 11.3 Å². The van der Waals surface area contributed by atoms with Gasteiger partial charge in [-0.1, -0.05) is 25.0 Å². The maximum Gasteiger partial charge on any atom is 0.225 e. The topological polar surface area (TPSA) is 62.7 Å². The van der Waals surface area contributed by atoms with Crippen LogP contribution in [-0.4, -0.2) is 21.0 Å². The van der Waals surface area contributed by atoms with Crippen molar-refractivity contribution in [3.05, 3.63) is 66.2 Å². The smallest absolute Gasteiger partial charge is 0.225 e. The summed E-state index contributed by atoms with van der Waals surface area (Å²) in [4.78, 5) is 13.4. The first-order valence-electron chi connectivity index (χ1n) is 9.30. The molecule has 6 heteroatoms. The number of hydrogen-bond acceptors (Lipinski definition) is 5.